The molecule has 0 spiro atoms. The van der Waals surface area contributed by atoms with E-state index in [0.29, 0.717) is 11.9 Å². The van der Waals surface area contributed by atoms with E-state index in [9.17, 15) is 0 Å². The third kappa shape index (κ3) is 3.12. The Bertz CT molecular complexity index is 611. The Morgan fingerprint density at radius 1 is 1.29 bits per heavy atom. The first-order valence-corrected chi connectivity index (χ1v) is 7.53. The van der Waals surface area contributed by atoms with Gasteiger partial charge in [-0.2, -0.15) is 10.1 Å². The summed E-state index contributed by atoms with van der Waals surface area (Å²) in [7, 11) is 0. The minimum atomic E-state index is 0.569. The predicted octanol–water partition coefficient (Wildman–Crippen LogP) is 3.02. The van der Waals surface area contributed by atoms with Crippen molar-refractivity contribution in [3.63, 3.8) is 0 Å². The van der Waals surface area contributed by atoms with E-state index in [1.165, 1.54) is 11.3 Å². The Morgan fingerprint density at radius 2 is 2.14 bits per heavy atom. The lowest BCUT2D eigenvalue weighted by Gasteiger charge is -2.29. The van der Waals surface area contributed by atoms with Crippen LogP contribution in [0.2, 0.25) is 0 Å². The summed E-state index contributed by atoms with van der Waals surface area (Å²) in [6.45, 7) is 6.16. The van der Waals surface area contributed by atoms with E-state index in [1.54, 1.807) is 6.20 Å². The second kappa shape index (κ2) is 6.08. The lowest BCUT2D eigenvalue weighted by molar-refractivity contribution is 0.684. The Labute approximate surface area is 125 Å². The van der Waals surface area contributed by atoms with E-state index < -0.39 is 0 Å². The number of nitrogens with one attached hydrogen (secondary N) is 1. The van der Waals surface area contributed by atoms with E-state index in [-0.39, 0.29) is 0 Å². The van der Waals surface area contributed by atoms with Crippen molar-refractivity contribution in [1.29, 1.82) is 0 Å². The molecular formula is C16H21N5. The molecule has 3 rings (SSSR count). The van der Waals surface area contributed by atoms with E-state index in [4.69, 9.17) is 0 Å². The van der Waals surface area contributed by atoms with Crippen molar-refractivity contribution in [1.82, 2.24) is 15.2 Å². The smallest absolute Gasteiger partial charge is 0.251 e. The van der Waals surface area contributed by atoms with Gasteiger partial charge >= 0.3 is 0 Å². The first-order chi connectivity index (χ1) is 10.2. The molecule has 1 aliphatic heterocycles. The third-order valence-corrected chi connectivity index (χ3v) is 3.59. The zero-order valence-corrected chi connectivity index (χ0v) is 12.6. The molecule has 0 saturated heterocycles. The van der Waals surface area contributed by atoms with Crippen molar-refractivity contribution in [2.45, 2.75) is 26.7 Å². The van der Waals surface area contributed by atoms with Gasteiger partial charge in [0, 0.05) is 18.8 Å². The molecule has 1 aromatic carbocycles. The van der Waals surface area contributed by atoms with Crippen LogP contribution in [0.5, 0.6) is 0 Å². The normalized spacial score (nSPS) is 14.1. The molecule has 1 aliphatic rings. The zero-order valence-electron chi connectivity index (χ0n) is 12.6. The van der Waals surface area contributed by atoms with E-state index in [2.05, 4.69) is 63.5 Å². The first-order valence-electron chi connectivity index (χ1n) is 7.53. The van der Waals surface area contributed by atoms with Gasteiger partial charge in [-0.3, -0.25) is 0 Å². The lowest BCUT2D eigenvalue weighted by atomic mass is 10.0. The Kier molecular flexibility index (Phi) is 3.99. The number of para-hydroxylation sites is 1. The van der Waals surface area contributed by atoms with Crippen molar-refractivity contribution in [2.75, 3.05) is 23.3 Å². The quantitative estimate of drug-likeness (QED) is 0.934. The topological polar surface area (TPSA) is 53.9 Å². The van der Waals surface area contributed by atoms with Gasteiger partial charge in [0.2, 0.25) is 0 Å². The summed E-state index contributed by atoms with van der Waals surface area (Å²) in [4.78, 5) is 6.77. The summed E-state index contributed by atoms with van der Waals surface area (Å²) >= 11 is 0. The van der Waals surface area contributed by atoms with Crippen LogP contribution in [0.3, 0.4) is 0 Å². The molecule has 0 fully saturated rings. The number of aryl methyl sites for hydroxylation is 1. The van der Waals surface area contributed by atoms with Gasteiger partial charge < -0.3 is 10.2 Å². The number of aromatic nitrogens is 3. The molecule has 5 nitrogen and oxygen atoms in total. The fraction of sp³-hybridized carbons (Fsp3) is 0.438. The van der Waals surface area contributed by atoms with Crippen molar-refractivity contribution < 1.29 is 0 Å². The number of benzene rings is 1. The highest BCUT2D eigenvalue weighted by atomic mass is 15.3. The summed E-state index contributed by atoms with van der Waals surface area (Å²) in [6, 6.07) is 8.45. The summed E-state index contributed by atoms with van der Waals surface area (Å²) in [6.07, 6.45) is 3.91. The monoisotopic (exact) mass is 283 g/mol. The van der Waals surface area contributed by atoms with Crippen LogP contribution in [0, 0.1) is 5.92 Å². The molecule has 2 aromatic rings. The summed E-state index contributed by atoms with van der Waals surface area (Å²) in [5, 5.41) is 11.6. The highest BCUT2D eigenvalue weighted by Crippen LogP contribution is 2.31. The van der Waals surface area contributed by atoms with E-state index in [0.717, 1.165) is 31.7 Å². The van der Waals surface area contributed by atoms with Crippen LogP contribution >= 0.6 is 0 Å². The second-order valence-corrected chi connectivity index (χ2v) is 5.80. The van der Waals surface area contributed by atoms with Crippen LogP contribution in [0.4, 0.5) is 17.5 Å². The average molecular weight is 283 g/mol. The van der Waals surface area contributed by atoms with E-state index in [1.807, 2.05) is 0 Å². The Balaban J connectivity index is 1.86. The minimum Gasteiger partial charge on any atom is -0.368 e. The number of anilines is 3. The number of nitrogens with zero attached hydrogens (tertiary/aromatic N) is 4. The first kappa shape index (κ1) is 13.8. The molecule has 0 aliphatic carbocycles. The maximum atomic E-state index is 4.61. The second-order valence-electron chi connectivity index (χ2n) is 5.80. The Morgan fingerprint density at radius 3 is 3.00 bits per heavy atom. The van der Waals surface area contributed by atoms with Gasteiger partial charge in [-0.25, -0.2) is 0 Å². The third-order valence-electron chi connectivity index (χ3n) is 3.59. The summed E-state index contributed by atoms with van der Waals surface area (Å²) < 4.78 is 0. The molecule has 0 amide bonds. The molecule has 0 radical (unpaired) electrons. The molecule has 2 heterocycles. The zero-order chi connectivity index (χ0) is 14.7. The molecule has 0 unspecified atom stereocenters. The molecule has 21 heavy (non-hydrogen) atoms. The van der Waals surface area contributed by atoms with E-state index >= 15 is 0 Å². The standard InChI is InChI=1S/C16H21N5/c1-12(2)10-17-15-11-18-20-16(19-15)21-9-5-7-13-6-3-4-8-14(13)21/h3-4,6,8,11-12H,5,7,9-10H2,1-2H3,(H,17,19,20). The predicted molar refractivity (Wildman–Crippen MR) is 84.9 cm³/mol. The lowest BCUT2D eigenvalue weighted by Crippen LogP contribution is -2.26. The number of hydrogen-bond donors (Lipinski definition) is 1. The minimum absolute atomic E-state index is 0.569. The molecule has 0 saturated carbocycles. The largest absolute Gasteiger partial charge is 0.368 e. The van der Waals surface area contributed by atoms with Crippen LogP contribution < -0.4 is 10.2 Å². The maximum Gasteiger partial charge on any atom is 0.251 e. The van der Waals surface area contributed by atoms with Gasteiger partial charge in [-0.1, -0.05) is 32.0 Å². The van der Waals surface area contributed by atoms with Crippen LogP contribution in [-0.2, 0) is 6.42 Å². The SMILES string of the molecule is CC(C)CNc1cnnc(N2CCCc3ccccc32)n1. The molecule has 0 atom stereocenters. The summed E-state index contributed by atoms with van der Waals surface area (Å²) in [5.41, 5.74) is 2.56. The molecule has 1 N–H and O–H groups in total. The molecule has 0 bridgehead atoms. The number of rotatable bonds is 4. The fourth-order valence-corrected chi connectivity index (χ4v) is 2.54. The molecule has 110 valence electrons. The van der Waals surface area contributed by atoms with Crippen molar-refractivity contribution in [3.8, 4) is 0 Å². The van der Waals surface area contributed by atoms with Crippen molar-refractivity contribution in [3.05, 3.63) is 36.0 Å². The highest BCUT2D eigenvalue weighted by Gasteiger charge is 2.20. The van der Waals surface area contributed by atoms with Crippen LogP contribution in [0.25, 0.3) is 0 Å². The number of hydrogen-bond acceptors (Lipinski definition) is 5. The number of fused-ring (bicyclic) bond motifs is 1. The summed E-state index contributed by atoms with van der Waals surface area (Å²) in [5.74, 6) is 2.03. The van der Waals surface area contributed by atoms with Gasteiger partial charge in [-0.15, -0.1) is 5.10 Å². The maximum absolute atomic E-state index is 4.61. The molecule has 5 heteroatoms. The average Bonchev–Trinajstić information content (AvgIpc) is 2.52. The molecule has 1 aromatic heterocycles. The highest BCUT2D eigenvalue weighted by molar-refractivity contribution is 5.63. The fourth-order valence-electron chi connectivity index (χ4n) is 2.54. The van der Waals surface area contributed by atoms with Gasteiger partial charge in [0.15, 0.2) is 5.82 Å². The van der Waals surface area contributed by atoms with Gasteiger partial charge in [0.05, 0.1) is 6.20 Å². The van der Waals surface area contributed by atoms with Crippen LogP contribution in [0.1, 0.15) is 25.8 Å². The van der Waals surface area contributed by atoms with Crippen molar-refractivity contribution >= 4 is 17.5 Å². The Hall–Kier alpha value is -2.17. The van der Waals surface area contributed by atoms with Crippen LogP contribution in [0.15, 0.2) is 30.5 Å². The van der Waals surface area contributed by atoms with Gasteiger partial charge in [0.25, 0.3) is 5.95 Å². The van der Waals surface area contributed by atoms with Crippen LogP contribution in [-0.4, -0.2) is 28.3 Å². The molecular weight excluding hydrogens is 262 g/mol. The van der Waals surface area contributed by atoms with Gasteiger partial charge in [-0.05, 0) is 30.4 Å². The van der Waals surface area contributed by atoms with Gasteiger partial charge in [0.1, 0.15) is 0 Å². The van der Waals surface area contributed by atoms with Crippen molar-refractivity contribution in [2.24, 2.45) is 5.92 Å².